The summed E-state index contributed by atoms with van der Waals surface area (Å²) < 4.78 is 58.3. The summed E-state index contributed by atoms with van der Waals surface area (Å²) in [7, 11) is 0. The van der Waals surface area contributed by atoms with E-state index in [2.05, 4.69) is 9.71 Å². The molecule has 1 aromatic carbocycles. The Morgan fingerprint density at radius 3 is 2.69 bits per heavy atom. The van der Waals surface area contributed by atoms with Gasteiger partial charge in [0.25, 0.3) is 0 Å². The molecule has 4 nitrogen and oxygen atoms in total. The molecule has 2 aliphatic heterocycles. The van der Waals surface area contributed by atoms with Crippen LogP contribution in [0.3, 0.4) is 0 Å². The van der Waals surface area contributed by atoms with Crippen LogP contribution < -0.4 is 15.4 Å². The quantitative estimate of drug-likeness (QED) is 0.608. The number of alkyl halides is 3. The molecular weight excluding hydrogens is 368 g/mol. The van der Waals surface area contributed by atoms with Crippen LogP contribution in [0.5, 0.6) is 0 Å². The largest absolute Gasteiger partial charge is 0.408 e. The Hall–Kier alpha value is -1.48. The zero-order chi connectivity index (χ0) is 18.5. The Kier molecular flexibility index (Phi) is 4.54. The van der Waals surface area contributed by atoms with E-state index in [1.54, 1.807) is 0 Å². The number of nitrogens with zero attached hydrogens (tertiary/aromatic N) is 2. The SMILES string of the molecule is NC[C@@H]1CCN(c2cc(F)cc3c2N=C(C2CC2)NS3)[C@H](C(F)(F)F)C1. The fraction of sp³-hybridized carbons (Fsp3) is 0.588. The lowest BCUT2D eigenvalue weighted by Crippen LogP contribution is -2.52. The number of hydrogen-bond donors (Lipinski definition) is 2. The van der Waals surface area contributed by atoms with E-state index in [9.17, 15) is 17.6 Å². The van der Waals surface area contributed by atoms with Crippen LogP contribution >= 0.6 is 11.9 Å². The van der Waals surface area contributed by atoms with Crippen molar-refractivity contribution in [3.63, 3.8) is 0 Å². The minimum atomic E-state index is -4.41. The first-order chi connectivity index (χ1) is 12.4. The van der Waals surface area contributed by atoms with Crippen LogP contribution in [0.2, 0.25) is 0 Å². The van der Waals surface area contributed by atoms with E-state index in [-0.39, 0.29) is 31.1 Å². The van der Waals surface area contributed by atoms with Crippen molar-refractivity contribution in [3.05, 3.63) is 17.9 Å². The number of nitrogens with two attached hydrogens (primary N) is 1. The third-order valence-electron chi connectivity index (χ3n) is 5.21. The Bertz CT molecular complexity index is 732. The summed E-state index contributed by atoms with van der Waals surface area (Å²) in [6.07, 6.45) is -1.89. The summed E-state index contributed by atoms with van der Waals surface area (Å²) >= 11 is 1.22. The second-order valence-corrected chi connectivity index (χ2v) is 7.97. The number of piperidine rings is 1. The van der Waals surface area contributed by atoms with Gasteiger partial charge in [-0.1, -0.05) is 0 Å². The van der Waals surface area contributed by atoms with Crippen molar-refractivity contribution in [2.45, 2.75) is 42.8 Å². The number of fused-ring (bicyclic) bond motifs is 1. The van der Waals surface area contributed by atoms with Crippen LogP contribution in [-0.2, 0) is 0 Å². The molecule has 0 radical (unpaired) electrons. The van der Waals surface area contributed by atoms with Crippen LogP contribution in [0.25, 0.3) is 0 Å². The van der Waals surface area contributed by atoms with Crippen molar-refractivity contribution in [1.82, 2.24) is 4.72 Å². The highest BCUT2D eigenvalue weighted by Gasteiger charge is 2.47. The van der Waals surface area contributed by atoms with Crippen molar-refractivity contribution in [3.8, 4) is 0 Å². The molecule has 142 valence electrons. The van der Waals surface area contributed by atoms with Gasteiger partial charge in [0.05, 0.1) is 10.6 Å². The Morgan fingerprint density at radius 2 is 2.04 bits per heavy atom. The fourth-order valence-corrected chi connectivity index (χ4v) is 4.45. The normalized spacial score (nSPS) is 26.2. The number of rotatable bonds is 3. The first kappa shape index (κ1) is 17.9. The second kappa shape index (κ2) is 6.60. The van der Waals surface area contributed by atoms with Crippen molar-refractivity contribution in [2.75, 3.05) is 18.0 Å². The van der Waals surface area contributed by atoms with Crippen molar-refractivity contribution in [1.29, 1.82) is 0 Å². The van der Waals surface area contributed by atoms with Gasteiger partial charge in [0.1, 0.15) is 23.4 Å². The fourth-order valence-electron chi connectivity index (χ4n) is 3.60. The first-order valence-electron chi connectivity index (χ1n) is 8.75. The molecular formula is C17H20F4N4S. The molecule has 0 aromatic heterocycles. The van der Waals surface area contributed by atoms with E-state index >= 15 is 0 Å². The van der Waals surface area contributed by atoms with E-state index in [1.165, 1.54) is 29.0 Å². The molecule has 1 aliphatic carbocycles. The maximum Gasteiger partial charge on any atom is 0.408 e. The lowest BCUT2D eigenvalue weighted by Gasteiger charge is -2.42. The molecule has 2 atom stereocenters. The molecule has 3 aliphatic rings. The van der Waals surface area contributed by atoms with Crippen molar-refractivity contribution >= 4 is 29.2 Å². The maximum atomic E-state index is 14.1. The van der Waals surface area contributed by atoms with E-state index < -0.39 is 18.0 Å². The highest BCUT2D eigenvalue weighted by atomic mass is 32.2. The van der Waals surface area contributed by atoms with Crippen molar-refractivity contribution < 1.29 is 17.6 Å². The molecule has 2 fully saturated rings. The van der Waals surface area contributed by atoms with E-state index in [1.807, 2.05) is 0 Å². The molecule has 9 heteroatoms. The van der Waals surface area contributed by atoms with Gasteiger partial charge >= 0.3 is 6.18 Å². The van der Waals surface area contributed by atoms with Crippen LogP contribution in [0.15, 0.2) is 22.0 Å². The second-order valence-electron chi connectivity index (χ2n) is 7.12. The standard InChI is InChI=1S/C17H20F4N4S/c18-11-6-12(15-13(7-11)26-24-16(23-15)10-1-2-10)25-4-3-9(8-22)5-14(25)17(19,20)21/h6-7,9-10,14H,1-5,8,22H2,(H,23,24)/t9-,14+/m1/s1. The average Bonchev–Trinajstić information content (AvgIpc) is 3.44. The van der Waals surface area contributed by atoms with Crippen molar-refractivity contribution in [2.24, 2.45) is 22.6 Å². The summed E-state index contributed by atoms with van der Waals surface area (Å²) in [5, 5.41) is 0. The third kappa shape index (κ3) is 3.38. The molecule has 0 amide bonds. The number of halogens is 4. The summed E-state index contributed by atoms with van der Waals surface area (Å²) in [4.78, 5) is 6.36. The summed E-state index contributed by atoms with van der Waals surface area (Å²) in [5.74, 6) is 0.370. The molecule has 4 rings (SSSR count). The number of amidine groups is 1. The topological polar surface area (TPSA) is 53.6 Å². The summed E-state index contributed by atoms with van der Waals surface area (Å²) in [5.41, 5.74) is 6.28. The average molecular weight is 388 g/mol. The lowest BCUT2D eigenvalue weighted by molar-refractivity contribution is -0.155. The maximum absolute atomic E-state index is 14.1. The third-order valence-corrected chi connectivity index (χ3v) is 6.06. The number of hydrogen-bond acceptors (Lipinski definition) is 5. The Balaban J connectivity index is 1.76. The number of aliphatic imine (C=N–C) groups is 1. The van der Waals surface area contributed by atoms with Gasteiger partial charge in [0, 0.05) is 12.5 Å². The number of nitrogens with one attached hydrogen (secondary N) is 1. The Labute approximate surface area is 153 Å². The molecule has 0 spiro atoms. The molecule has 3 N–H and O–H groups in total. The molecule has 2 heterocycles. The number of anilines is 1. The molecule has 1 saturated carbocycles. The molecule has 1 saturated heterocycles. The zero-order valence-corrected chi connectivity index (χ0v) is 14.8. The van der Waals surface area contributed by atoms with Gasteiger partial charge in [-0.25, -0.2) is 9.38 Å². The molecule has 0 bridgehead atoms. The number of benzene rings is 1. The lowest BCUT2D eigenvalue weighted by atomic mass is 9.90. The van der Waals surface area contributed by atoms with E-state index in [4.69, 9.17) is 5.73 Å². The minimum Gasteiger partial charge on any atom is -0.358 e. The van der Waals surface area contributed by atoms with Gasteiger partial charge in [-0.2, -0.15) is 13.2 Å². The highest BCUT2D eigenvalue weighted by molar-refractivity contribution is 7.98. The predicted octanol–water partition coefficient (Wildman–Crippen LogP) is 3.98. The van der Waals surface area contributed by atoms with E-state index in [0.29, 0.717) is 22.9 Å². The van der Waals surface area contributed by atoms with Gasteiger partial charge in [-0.15, -0.1) is 0 Å². The first-order valence-corrected chi connectivity index (χ1v) is 9.57. The summed E-state index contributed by atoms with van der Waals surface area (Å²) in [6.45, 7) is 0.416. The smallest absolute Gasteiger partial charge is 0.358 e. The minimum absolute atomic E-state index is 0.0735. The Morgan fingerprint density at radius 1 is 1.27 bits per heavy atom. The molecule has 0 unspecified atom stereocenters. The van der Waals surface area contributed by atoms with Crippen LogP contribution in [0.4, 0.5) is 28.9 Å². The van der Waals surface area contributed by atoms with E-state index in [0.717, 1.165) is 18.7 Å². The molecule has 1 aromatic rings. The summed E-state index contributed by atoms with van der Waals surface area (Å²) in [6, 6.07) is 0.828. The van der Waals surface area contributed by atoms with Crippen LogP contribution in [-0.4, -0.2) is 31.1 Å². The monoisotopic (exact) mass is 388 g/mol. The zero-order valence-electron chi connectivity index (χ0n) is 14.0. The predicted molar refractivity (Wildman–Crippen MR) is 94.2 cm³/mol. The van der Waals surface area contributed by atoms with Gasteiger partial charge < -0.3 is 15.4 Å². The highest BCUT2D eigenvalue weighted by Crippen LogP contribution is 2.47. The van der Waals surface area contributed by atoms with Gasteiger partial charge in [0.2, 0.25) is 0 Å². The van der Waals surface area contributed by atoms with Crippen LogP contribution in [0, 0.1) is 17.7 Å². The van der Waals surface area contributed by atoms with Crippen LogP contribution in [0.1, 0.15) is 25.7 Å². The molecule has 26 heavy (non-hydrogen) atoms. The van der Waals surface area contributed by atoms with Gasteiger partial charge in [0.15, 0.2) is 0 Å². The van der Waals surface area contributed by atoms with Gasteiger partial charge in [-0.05, 0) is 62.2 Å². The van der Waals surface area contributed by atoms with Gasteiger partial charge in [-0.3, -0.25) is 0 Å².